The molecule has 0 aliphatic heterocycles. The van der Waals surface area contributed by atoms with Gasteiger partial charge in [0.15, 0.2) is 0 Å². The van der Waals surface area contributed by atoms with Crippen LogP contribution in [0.2, 0.25) is 0 Å². The molecule has 0 aliphatic carbocycles. The maximum absolute atomic E-state index is 12.0. The van der Waals surface area contributed by atoms with Gasteiger partial charge >= 0.3 is 6.09 Å². The maximum atomic E-state index is 12.0. The first kappa shape index (κ1) is 17.4. The van der Waals surface area contributed by atoms with Gasteiger partial charge in [0, 0.05) is 11.6 Å². The predicted octanol–water partition coefficient (Wildman–Crippen LogP) is 3.93. The Hall–Kier alpha value is -1.92. The fourth-order valence-electron chi connectivity index (χ4n) is 1.90. The van der Waals surface area contributed by atoms with Crippen LogP contribution in [0.3, 0.4) is 0 Å². The number of alkyl carbamates (subject to hydrolysis) is 1. The fourth-order valence-corrected chi connectivity index (χ4v) is 2.57. The largest absolute Gasteiger partial charge is 0.444 e. The molecular weight excluding hydrogens is 312 g/mol. The van der Waals surface area contributed by atoms with Gasteiger partial charge in [-0.1, -0.05) is 30.3 Å². The van der Waals surface area contributed by atoms with Crippen molar-refractivity contribution in [1.82, 2.24) is 10.3 Å². The summed E-state index contributed by atoms with van der Waals surface area (Å²) in [5.74, 6) is 0. The van der Waals surface area contributed by atoms with Crippen LogP contribution in [0.25, 0.3) is 0 Å². The van der Waals surface area contributed by atoms with Crippen molar-refractivity contribution in [2.45, 2.75) is 39.0 Å². The van der Waals surface area contributed by atoms with E-state index in [1.165, 1.54) is 11.3 Å². The average molecular weight is 334 g/mol. The Bertz CT molecular complexity index is 594. The molecule has 0 saturated carbocycles. The lowest BCUT2D eigenvalue weighted by Crippen LogP contribution is -2.36. The normalized spacial score (nSPS) is 12.7. The first-order valence-electron chi connectivity index (χ1n) is 7.44. The number of carbonyl (C=O) groups excluding carboxylic acids is 1. The molecule has 0 unspecified atom stereocenters. The number of nitrogens with one attached hydrogen (secondary N) is 1. The molecule has 2 rings (SSSR count). The minimum atomic E-state index is -0.539. The van der Waals surface area contributed by atoms with E-state index in [0.29, 0.717) is 13.2 Å². The van der Waals surface area contributed by atoms with Gasteiger partial charge in [0.1, 0.15) is 16.7 Å². The van der Waals surface area contributed by atoms with E-state index in [-0.39, 0.29) is 6.04 Å². The topological polar surface area (TPSA) is 60.5 Å². The SMILES string of the molecule is CC(C)(C)OC(=O)N[C@@H](COCc1ccccc1)c1nccs1. The second kappa shape index (κ2) is 8.08. The van der Waals surface area contributed by atoms with E-state index in [9.17, 15) is 4.79 Å². The Kier molecular flexibility index (Phi) is 6.12. The van der Waals surface area contributed by atoms with Crippen molar-refractivity contribution >= 4 is 17.4 Å². The number of hydrogen-bond acceptors (Lipinski definition) is 5. The van der Waals surface area contributed by atoms with Crippen LogP contribution in [-0.2, 0) is 16.1 Å². The van der Waals surface area contributed by atoms with Crippen molar-refractivity contribution in [3.8, 4) is 0 Å². The lowest BCUT2D eigenvalue weighted by Gasteiger charge is -2.22. The van der Waals surface area contributed by atoms with Gasteiger partial charge in [-0.05, 0) is 26.3 Å². The Morgan fingerprint density at radius 1 is 1.30 bits per heavy atom. The summed E-state index contributed by atoms with van der Waals surface area (Å²) in [4.78, 5) is 16.2. The van der Waals surface area contributed by atoms with Crippen LogP contribution in [0.4, 0.5) is 4.79 Å². The number of aromatic nitrogens is 1. The van der Waals surface area contributed by atoms with E-state index in [0.717, 1.165) is 10.6 Å². The summed E-state index contributed by atoms with van der Waals surface area (Å²) in [6, 6.07) is 9.57. The standard InChI is InChI=1S/C17H22N2O3S/c1-17(2,3)22-16(20)19-14(15-18-9-10-23-15)12-21-11-13-7-5-4-6-8-13/h4-10,14H,11-12H2,1-3H3,(H,19,20)/t14-/m0/s1. The lowest BCUT2D eigenvalue weighted by atomic mass is 10.2. The molecule has 2 aromatic rings. The Morgan fingerprint density at radius 2 is 2.04 bits per heavy atom. The van der Waals surface area contributed by atoms with E-state index in [4.69, 9.17) is 9.47 Å². The number of benzene rings is 1. The van der Waals surface area contributed by atoms with Crippen molar-refractivity contribution in [1.29, 1.82) is 0 Å². The van der Waals surface area contributed by atoms with Gasteiger partial charge < -0.3 is 14.8 Å². The molecular formula is C17H22N2O3S. The summed E-state index contributed by atoms with van der Waals surface area (Å²) in [5.41, 5.74) is 0.547. The number of ether oxygens (including phenoxy) is 2. The molecule has 0 radical (unpaired) electrons. The summed E-state index contributed by atoms with van der Waals surface area (Å²) < 4.78 is 11.0. The zero-order valence-electron chi connectivity index (χ0n) is 13.6. The summed E-state index contributed by atoms with van der Waals surface area (Å²) in [7, 11) is 0. The second-order valence-electron chi connectivity index (χ2n) is 6.07. The van der Waals surface area contributed by atoms with Crippen molar-refractivity contribution in [3.63, 3.8) is 0 Å². The Morgan fingerprint density at radius 3 is 2.65 bits per heavy atom. The number of thiazole rings is 1. The molecule has 1 aromatic heterocycles. The minimum absolute atomic E-state index is 0.325. The van der Waals surface area contributed by atoms with Crippen LogP contribution < -0.4 is 5.32 Å². The fraction of sp³-hybridized carbons (Fsp3) is 0.412. The van der Waals surface area contributed by atoms with Crippen molar-refractivity contribution in [3.05, 3.63) is 52.5 Å². The van der Waals surface area contributed by atoms with Crippen LogP contribution in [-0.4, -0.2) is 23.3 Å². The van der Waals surface area contributed by atoms with E-state index >= 15 is 0 Å². The molecule has 0 bridgehead atoms. The van der Waals surface area contributed by atoms with Gasteiger partial charge in [0.05, 0.1) is 13.2 Å². The summed E-state index contributed by atoms with van der Waals surface area (Å²) in [6.07, 6.45) is 1.24. The van der Waals surface area contributed by atoms with E-state index in [1.54, 1.807) is 6.20 Å². The Balaban J connectivity index is 1.91. The van der Waals surface area contributed by atoms with Gasteiger partial charge in [-0.15, -0.1) is 11.3 Å². The highest BCUT2D eigenvalue weighted by atomic mass is 32.1. The molecule has 1 aromatic carbocycles. The van der Waals surface area contributed by atoms with Gasteiger partial charge in [-0.25, -0.2) is 9.78 Å². The van der Waals surface area contributed by atoms with Crippen LogP contribution in [0.5, 0.6) is 0 Å². The summed E-state index contributed by atoms with van der Waals surface area (Å²) >= 11 is 1.48. The van der Waals surface area contributed by atoms with E-state index in [1.807, 2.05) is 56.5 Å². The minimum Gasteiger partial charge on any atom is -0.444 e. The van der Waals surface area contributed by atoms with Gasteiger partial charge in [-0.2, -0.15) is 0 Å². The molecule has 1 heterocycles. The maximum Gasteiger partial charge on any atom is 0.408 e. The number of rotatable bonds is 6. The molecule has 23 heavy (non-hydrogen) atoms. The van der Waals surface area contributed by atoms with Crippen molar-refractivity contribution in [2.75, 3.05) is 6.61 Å². The lowest BCUT2D eigenvalue weighted by molar-refractivity contribution is 0.0427. The number of hydrogen-bond donors (Lipinski definition) is 1. The number of nitrogens with zero attached hydrogens (tertiary/aromatic N) is 1. The van der Waals surface area contributed by atoms with Crippen LogP contribution >= 0.6 is 11.3 Å². The molecule has 124 valence electrons. The third-order valence-electron chi connectivity index (χ3n) is 2.84. The van der Waals surface area contributed by atoms with E-state index in [2.05, 4.69) is 10.3 Å². The van der Waals surface area contributed by atoms with Crippen LogP contribution in [0, 0.1) is 0 Å². The highest BCUT2D eigenvalue weighted by molar-refractivity contribution is 7.09. The zero-order chi connectivity index (χ0) is 16.7. The average Bonchev–Trinajstić information content (AvgIpc) is 2.99. The third kappa shape index (κ3) is 6.38. The van der Waals surface area contributed by atoms with Gasteiger partial charge in [-0.3, -0.25) is 0 Å². The molecule has 0 spiro atoms. The predicted molar refractivity (Wildman–Crippen MR) is 90.3 cm³/mol. The monoisotopic (exact) mass is 334 g/mol. The molecule has 1 amide bonds. The Labute approximate surface area is 140 Å². The molecule has 6 heteroatoms. The molecule has 1 N–H and O–H groups in total. The molecule has 0 aliphatic rings. The molecule has 5 nitrogen and oxygen atoms in total. The number of amides is 1. The highest BCUT2D eigenvalue weighted by Gasteiger charge is 2.22. The first-order valence-corrected chi connectivity index (χ1v) is 8.32. The van der Waals surface area contributed by atoms with Gasteiger partial charge in [0.2, 0.25) is 0 Å². The second-order valence-corrected chi connectivity index (χ2v) is 7.00. The van der Waals surface area contributed by atoms with Crippen LogP contribution in [0.1, 0.15) is 37.4 Å². The van der Waals surface area contributed by atoms with Crippen molar-refractivity contribution < 1.29 is 14.3 Å². The third-order valence-corrected chi connectivity index (χ3v) is 3.73. The summed E-state index contributed by atoms with van der Waals surface area (Å²) in [6.45, 7) is 6.31. The smallest absolute Gasteiger partial charge is 0.408 e. The molecule has 0 saturated heterocycles. The highest BCUT2D eigenvalue weighted by Crippen LogP contribution is 2.18. The van der Waals surface area contributed by atoms with Crippen molar-refractivity contribution in [2.24, 2.45) is 0 Å². The van der Waals surface area contributed by atoms with E-state index < -0.39 is 11.7 Å². The summed E-state index contributed by atoms with van der Waals surface area (Å²) in [5, 5.41) is 5.49. The first-order chi connectivity index (χ1) is 10.9. The quantitative estimate of drug-likeness (QED) is 0.869. The molecule has 1 atom stereocenters. The van der Waals surface area contributed by atoms with Gasteiger partial charge in [0.25, 0.3) is 0 Å². The number of carbonyl (C=O) groups is 1. The van der Waals surface area contributed by atoms with Crippen LogP contribution in [0.15, 0.2) is 41.9 Å². The molecule has 0 fully saturated rings. The zero-order valence-corrected chi connectivity index (χ0v) is 14.4.